The topological polar surface area (TPSA) is 115 Å². The van der Waals surface area contributed by atoms with Crippen LogP contribution in [0.25, 0.3) is 10.9 Å². The third-order valence-corrected chi connectivity index (χ3v) is 6.59. The Morgan fingerprint density at radius 1 is 1.22 bits per heavy atom. The molecule has 36 heavy (non-hydrogen) atoms. The van der Waals surface area contributed by atoms with E-state index >= 15 is 0 Å². The number of carboxylic acid groups (broad SMARTS) is 1. The van der Waals surface area contributed by atoms with Crippen LogP contribution in [0, 0.1) is 5.82 Å². The lowest BCUT2D eigenvalue weighted by atomic mass is 9.94. The van der Waals surface area contributed by atoms with Gasteiger partial charge in [0.1, 0.15) is 11.4 Å². The van der Waals surface area contributed by atoms with Crippen molar-refractivity contribution in [3.63, 3.8) is 0 Å². The predicted octanol–water partition coefficient (Wildman–Crippen LogP) is 4.17. The summed E-state index contributed by atoms with van der Waals surface area (Å²) in [7, 11) is 3.65. The minimum atomic E-state index is -1.11. The number of anilines is 1. The molecule has 0 saturated heterocycles. The first-order valence-corrected chi connectivity index (χ1v) is 12.1. The van der Waals surface area contributed by atoms with Gasteiger partial charge in [-0.25, -0.2) is 9.18 Å². The molecule has 192 valence electrons. The second kappa shape index (κ2) is 12.3. The highest BCUT2D eigenvalue weighted by Gasteiger charge is 2.19. The van der Waals surface area contributed by atoms with Crippen molar-refractivity contribution < 1.29 is 19.1 Å². The number of benzene rings is 1. The van der Waals surface area contributed by atoms with Gasteiger partial charge in [0.15, 0.2) is 0 Å². The Balaban J connectivity index is 1.89. The third-order valence-electron chi connectivity index (χ3n) is 6.59. The van der Waals surface area contributed by atoms with E-state index in [-0.39, 0.29) is 5.56 Å². The van der Waals surface area contributed by atoms with Gasteiger partial charge >= 0.3 is 5.97 Å². The maximum Gasteiger partial charge on any atom is 0.328 e. The van der Waals surface area contributed by atoms with Gasteiger partial charge in [-0.15, -0.1) is 0 Å². The average molecular weight is 497 g/mol. The predicted molar refractivity (Wildman–Crippen MR) is 140 cm³/mol. The summed E-state index contributed by atoms with van der Waals surface area (Å²) in [6, 6.07) is 4.29. The molecular formula is C27H33FN4O4. The summed E-state index contributed by atoms with van der Waals surface area (Å²) < 4.78 is 14.0. The Labute approximate surface area is 209 Å². The number of carbonyl (C=O) groups is 2. The van der Waals surface area contributed by atoms with E-state index in [0.29, 0.717) is 46.9 Å². The highest BCUT2D eigenvalue weighted by molar-refractivity contribution is 6.00. The number of aliphatic carboxylic acids is 1. The van der Waals surface area contributed by atoms with Crippen LogP contribution >= 0.6 is 0 Å². The average Bonchev–Trinajstić information content (AvgIpc) is 2.87. The van der Waals surface area contributed by atoms with E-state index in [2.05, 4.69) is 27.1 Å². The van der Waals surface area contributed by atoms with Crippen molar-refractivity contribution >= 4 is 28.5 Å². The highest BCUT2D eigenvalue weighted by Crippen LogP contribution is 2.24. The molecule has 1 aromatic heterocycles. The fraction of sp³-hybridized carbons (Fsp3) is 0.370. The summed E-state index contributed by atoms with van der Waals surface area (Å²) in [6.07, 6.45) is 10.3. The van der Waals surface area contributed by atoms with Crippen LogP contribution in [0.3, 0.4) is 0 Å². The molecule has 0 aliphatic heterocycles. The lowest BCUT2D eigenvalue weighted by Crippen LogP contribution is -2.34. The van der Waals surface area contributed by atoms with Gasteiger partial charge in [-0.1, -0.05) is 25.8 Å². The Morgan fingerprint density at radius 3 is 2.58 bits per heavy atom. The number of carboxylic acids is 1. The lowest BCUT2D eigenvalue weighted by Gasteiger charge is -2.31. The van der Waals surface area contributed by atoms with Gasteiger partial charge in [-0.3, -0.25) is 9.59 Å². The number of fused-ring (bicyclic) bond motifs is 1. The molecule has 1 aliphatic carbocycles. The van der Waals surface area contributed by atoms with Gasteiger partial charge in [-0.05, 0) is 62.2 Å². The minimum Gasteiger partial charge on any atom is -0.478 e. The van der Waals surface area contributed by atoms with Crippen LogP contribution in [0.15, 0.2) is 59.1 Å². The number of H-pyrrole nitrogens is 1. The van der Waals surface area contributed by atoms with E-state index in [1.807, 2.05) is 7.05 Å². The van der Waals surface area contributed by atoms with Crippen molar-refractivity contribution in [1.29, 1.82) is 0 Å². The maximum atomic E-state index is 14.0. The molecule has 0 atom stereocenters. The van der Waals surface area contributed by atoms with E-state index in [9.17, 15) is 18.8 Å². The van der Waals surface area contributed by atoms with Crippen LogP contribution in [-0.2, 0) is 4.79 Å². The van der Waals surface area contributed by atoms with Crippen molar-refractivity contribution in [2.45, 2.75) is 44.6 Å². The summed E-state index contributed by atoms with van der Waals surface area (Å²) >= 11 is 0. The van der Waals surface area contributed by atoms with Crippen LogP contribution in [0.4, 0.5) is 10.1 Å². The summed E-state index contributed by atoms with van der Waals surface area (Å²) in [6.45, 7) is 4.43. The molecule has 8 nitrogen and oxygen atoms in total. The highest BCUT2D eigenvalue weighted by atomic mass is 19.1. The molecule has 0 radical (unpaired) electrons. The first-order valence-electron chi connectivity index (χ1n) is 12.1. The van der Waals surface area contributed by atoms with Crippen LogP contribution in [0.2, 0.25) is 0 Å². The zero-order chi connectivity index (χ0) is 26.2. The molecule has 1 amide bonds. The lowest BCUT2D eigenvalue weighted by molar-refractivity contribution is -0.131. The maximum absolute atomic E-state index is 14.0. The van der Waals surface area contributed by atoms with Crippen molar-refractivity contribution in [2.75, 3.05) is 26.0 Å². The largest absolute Gasteiger partial charge is 0.478 e. The monoisotopic (exact) mass is 496 g/mol. The molecule has 2 aromatic rings. The number of nitrogens with one attached hydrogen (secondary N) is 3. The zero-order valence-corrected chi connectivity index (χ0v) is 20.7. The first-order chi connectivity index (χ1) is 17.2. The fourth-order valence-electron chi connectivity index (χ4n) is 4.58. The van der Waals surface area contributed by atoms with Crippen LogP contribution in [0.1, 0.15) is 48.9 Å². The smallest absolute Gasteiger partial charge is 0.328 e. The number of aromatic amines is 1. The van der Waals surface area contributed by atoms with Crippen LogP contribution in [-0.4, -0.2) is 53.5 Å². The van der Waals surface area contributed by atoms with E-state index in [0.717, 1.165) is 18.9 Å². The Kier molecular flexibility index (Phi) is 9.19. The van der Waals surface area contributed by atoms with E-state index in [1.54, 1.807) is 7.05 Å². The van der Waals surface area contributed by atoms with Crippen LogP contribution < -0.4 is 16.2 Å². The Bertz CT molecular complexity index is 1260. The van der Waals surface area contributed by atoms with Crippen LogP contribution in [0.5, 0.6) is 0 Å². The molecule has 9 heteroatoms. The second-order valence-electron chi connectivity index (χ2n) is 8.97. The number of rotatable bonds is 10. The van der Waals surface area contributed by atoms with Gasteiger partial charge in [0.25, 0.3) is 11.5 Å². The second-order valence-corrected chi connectivity index (χ2v) is 8.97. The normalized spacial score (nSPS) is 15.2. The Hall–Kier alpha value is -3.72. The number of pyridine rings is 1. The van der Waals surface area contributed by atoms with Gasteiger partial charge in [0, 0.05) is 36.8 Å². The minimum absolute atomic E-state index is 0.199. The molecule has 1 aliphatic rings. The van der Waals surface area contributed by atoms with Gasteiger partial charge in [-0.2, -0.15) is 0 Å². The molecule has 0 spiro atoms. The van der Waals surface area contributed by atoms with Gasteiger partial charge in [0.05, 0.1) is 11.2 Å². The number of hydrogen-bond acceptors (Lipinski definition) is 5. The van der Waals surface area contributed by atoms with Crippen molar-refractivity contribution in [3.05, 3.63) is 76.0 Å². The number of amides is 1. The summed E-state index contributed by atoms with van der Waals surface area (Å²) in [5.74, 6) is -2.33. The molecule has 1 aromatic carbocycles. The summed E-state index contributed by atoms with van der Waals surface area (Å²) in [5, 5.41) is 15.0. The number of nitrogens with zero attached hydrogens (tertiary/aromatic N) is 1. The first kappa shape index (κ1) is 26.9. The van der Waals surface area contributed by atoms with E-state index in [4.69, 9.17) is 5.11 Å². The molecule has 4 N–H and O–H groups in total. The molecule has 1 fully saturated rings. The quantitative estimate of drug-likeness (QED) is 0.290. The van der Waals surface area contributed by atoms with Gasteiger partial charge < -0.3 is 25.6 Å². The van der Waals surface area contributed by atoms with Gasteiger partial charge in [0.2, 0.25) is 0 Å². The fourth-order valence-corrected chi connectivity index (χ4v) is 4.58. The molecule has 1 saturated carbocycles. The number of carbonyl (C=O) groups excluding carboxylic acids is 1. The van der Waals surface area contributed by atoms with E-state index in [1.165, 1.54) is 49.6 Å². The SMILES string of the molecule is C=C/C(NC(=O)c1cc2cc(F)cc(NC)c2[nH]c1=O)=C(\C=C\C(=O)O)CCN(C)C1CCCCC1. The summed E-state index contributed by atoms with van der Waals surface area (Å²) in [4.78, 5) is 41.8. The molecule has 0 unspecified atom stereocenters. The third kappa shape index (κ3) is 6.69. The van der Waals surface area contributed by atoms with Crippen molar-refractivity contribution in [3.8, 4) is 0 Å². The Morgan fingerprint density at radius 2 is 1.94 bits per heavy atom. The zero-order valence-electron chi connectivity index (χ0n) is 20.7. The number of allylic oxidation sites excluding steroid dienone is 2. The van der Waals surface area contributed by atoms with E-state index < -0.39 is 23.3 Å². The van der Waals surface area contributed by atoms with Crippen molar-refractivity contribution in [1.82, 2.24) is 15.2 Å². The molecule has 1 heterocycles. The number of aromatic nitrogens is 1. The summed E-state index contributed by atoms with van der Waals surface area (Å²) in [5.41, 5.74) is 0.828. The molecule has 0 bridgehead atoms. The number of hydrogen-bond donors (Lipinski definition) is 4. The molecular weight excluding hydrogens is 463 g/mol. The molecule has 3 rings (SSSR count). The standard InChI is InChI=1S/C27H33FN4O4/c1-4-22(17(10-11-24(33)34)12-13-32(3)20-8-6-5-7-9-20)30-26(35)21-15-18-14-19(28)16-23(29-2)25(18)31-27(21)36/h4,10-11,14-16,20,29H,1,5-9,12-13H2,2-3H3,(H,30,35)(H,31,36)(H,33,34)/b11-10+,22-17-. The number of halogens is 1. The van der Waals surface area contributed by atoms with Crippen molar-refractivity contribution in [2.24, 2.45) is 0 Å².